The van der Waals surface area contributed by atoms with Gasteiger partial charge in [-0.25, -0.2) is 9.38 Å². The molecule has 6 heteroatoms. The van der Waals surface area contributed by atoms with E-state index in [1.807, 2.05) is 30.3 Å². The van der Waals surface area contributed by atoms with Crippen molar-refractivity contribution in [3.8, 4) is 0 Å². The third-order valence-corrected chi connectivity index (χ3v) is 5.11. The van der Waals surface area contributed by atoms with Gasteiger partial charge in [0.25, 0.3) is 5.56 Å². The fourth-order valence-electron chi connectivity index (χ4n) is 2.95. The van der Waals surface area contributed by atoms with Gasteiger partial charge in [0.2, 0.25) is 0 Å². The number of imidazole rings is 1. The second-order valence-corrected chi connectivity index (χ2v) is 6.66. The average molecular weight is 346 g/mol. The molecule has 0 atom stereocenters. The van der Waals surface area contributed by atoms with Crippen LogP contribution in [-0.4, -0.2) is 9.38 Å². The van der Waals surface area contributed by atoms with Crippen LogP contribution in [0.3, 0.4) is 0 Å². The Balaban J connectivity index is 1.81. The molecular formula is C19H10N2O3S. The van der Waals surface area contributed by atoms with Gasteiger partial charge >= 0.3 is 0 Å². The fourth-order valence-corrected chi connectivity index (χ4v) is 3.92. The Morgan fingerprint density at radius 3 is 2.76 bits per heavy atom. The molecular weight excluding hydrogens is 336 g/mol. The minimum Gasteiger partial charge on any atom is -0.463 e. The molecule has 0 fully saturated rings. The monoisotopic (exact) mass is 346 g/mol. The van der Waals surface area contributed by atoms with Crippen molar-refractivity contribution in [1.29, 1.82) is 0 Å². The Bertz CT molecular complexity index is 1440. The molecule has 3 aromatic heterocycles. The smallest absolute Gasteiger partial charge is 0.274 e. The minimum atomic E-state index is -0.179. The molecule has 3 heterocycles. The fraction of sp³-hybridized carbons (Fsp3) is 0. The summed E-state index contributed by atoms with van der Waals surface area (Å²) in [4.78, 5) is 30.4. The molecule has 5 rings (SSSR count). The highest BCUT2D eigenvalue weighted by atomic mass is 32.1. The quantitative estimate of drug-likeness (QED) is 0.468. The van der Waals surface area contributed by atoms with Gasteiger partial charge in [0.15, 0.2) is 10.4 Å². The minimum absolute atomic E-state index is 0.155. The summed E-state index contributed by atoms with van der Waals surface area (Å²) in [5, 5.41) is 0.496. The molecule has 2 aromatic carbocycles. The molecule has 0 amide bonds. The van der Waals surface area contributed by atoms with E-state index in [1.54, 1.807) is 28.7 Å². The van der Waals surface area contributed by atoms with Crippen LogP contribution in [-0.2, 0) is 0 Å². The lowest BCUT2D eigenvalue weighted by Gasteiger charge is -1.96. The van der Waals surface area contributed by atoms with E-state index in [2.05, 4.69) is 4.98 Å². The molecule has 0 aliphatic rings. The molecule has 0 aliphatic carbocycles. The number of rotatable bonds is 1. The Labute approximate surface area is 144 Å². The lowest BCUT2D eigenvalue weighted by atomic mass is 10.2. The van der Waals surface area contributed by atoms with Crippen molar-refractivity contribution >= 4 is 44.4 Å². The first-order chi connectivity index (χ1) is 12.2. The molecule has 0 saturated carbocycles. The summed E-state index contributed by atoms with van der Waals surface area (Å²) >= 11 is 1.26. The molecule has 5 nitrogen and oxygen atoms in total. The number of thiazole rings is 1. The third kappa shape index (κ3) is 2.04. The molecule has 25 heavy (non-hydrogen) atoms. The lowest BCUT2D eigenvalue weighted by molar-refractivity contribution is 0.601. The van der Waals surface area contributed by atoms with Crippen molar-refractivity contribution in [1.82, 2.24) is 9.38 Å². The van der Waals surface area contributed by atoms with Crippen molar-refractivity contribution in [2.45, 2.75) is 0 Å². The molecule has 120 valence electrons. The first-order valence-electron chi connectivity index (χ1n) is 7.65. The number of benzene rings is 2. The van der Waals surface area contributed by atoms with Gasteiger partial charge in [0.05, 0.1) is 26.5 Å². The molecule has 0 unspecified atom stereocenters. The van der Waals surface area contributed by atoms with Gasteiger partial charge in [-0.05, 0) is 30.3 Å². The zero-order chi connectivity index (χ0) is 17.0. The van der Waals surface area contributed by atoms with Crippen LogP contribution in [0.5, 0.6) is 0 Å². The van der Waals surface area contributed by atoms with Crippen LogP contribution in [0.4, 0.5) is 0 Å². The largest absolute Gasteiger partial charge is 0.463 e. The summed E-state index contributed by atoms with van der Waals surface area (Å²) in [6.07, 6.45) is 2.97. The number of para-hydroxylation sites is 3. The molecule has 0 saturated heterocycles. The molecule has 0 N–H and O–H groups in total. The van der Waals surface area contributed by atoms with Crippen LogP contribution >= 0.6 is 11.3 Å². The SMILES string of the molecule is O=c1c(/C=c2/sc3nc4ccccc4n3c2=O)coc2ccccc12. The molecule has 5 aromatic rings. The predicted molar refractivity (Wildman–Crippen MR) is 98.1 cm³/mol. The molecule has 0 aliphatic heterocycles. The summed E-state index contributed by atoms with van der Waals surface area (Å²) < 4.78 is 7.54. The highest BCUT2D eigenvalue weighted by Gasteiger charge is 2.11. The Morgan fingerprint density at radius 1 is 1.04 bits per heavy atom. The Morgan fingerprint density at radius 2 is 1.84 bits per heavy atom. The van der Waals surface area contributed by atoms with Gasteiger partial charge in [-0.15, -0.1) is 0 Å². The van der Waals surface area contributed by atoms with Crippen LogP contribution in [0.15, 0.2) is 68.8 Å². The summed E-state index contributed by atoms with van der Waals surface area (Å²) in [7, 11) is 0. The van der Waals surface area contributed by atoms with Gasteiger partial charge in [-0.2, -0.15) is 0 Å². The van der Waals surface area contributed by atoms with E-state index in [1.165, 1.54) is 17.6 Å². The van der Waals surface area contributed by atoms with Crippen molar-refractivity contribution < 1.29 is 4.42 Å². The number of fused-ring (bicyclic) bond motifs is 4. The van der Waals surface area contributed by atoms with Crippen molar-refractivity contribution in [2.75, 3.05) is 0 Å². The maximum absolute atomic E-state index is 12.8. The van der Waals surface area contributed by atoms with Crippen molar-refractivity contribution in [3.05, 3.63) is 85.5 Å². The van der Waals surface area contributed by atoms with Gasteiger partial charge in [-0.1, -0.05) is 35.6 Å². The second-order valence-electron chi connectivity index (χ2n) is 5.65. The third-order valence-electron chi connectivity index (χ3n) is 4.14. The van der Waals surface area contributed by atoms with Crippen molar-refractivity contribution in [3.63, 3.8) is 0 Å². The normalized spacial score (nSPS) is 12.6. The van der Waals surface area contributed by atoms with E-state index in [4.69, 9.17) is 4.42 Å². The first kappa shape index (κ1) is 14.1. The van der Waals surface area contributed by atoms with Crippen LogP contribution in [0.1, 0.15) is 5.56 Å². The maximum Gasteiger partial charge on any atom is 0.274 e. The highest BCUT2D eigenvalue weighted by Crippen LogP contribution is 2.16. The van der Waals surface area contributed by atoms with Crippen LogP contribution in [0.25, 0.3) is 33.0 Å². The topological polar surface area (TPSA) is 64.6 Å². The Kier molecular flexibility index (Phi) is 2.89. The number of nitrogens with zero attached hydrogens (tertiary/aromatic N) is 2. The second kappa shape index (κ2) is 5.12. The van der Waals surface area contributed by atoms with E-state index in [0.717, 1.165) is 11.0 Å². The van der Waals surface area contributed by atoms with Gasteiger partial charge < -0.3 is 4.42 Å². The zero-order valence-corrected chi connectivity index (χ0v) is 13.6. The first-order valence-corrected chi connectivity index (χ1v) is 8.46. The average Bonchev–Trinajstić information content (AvgIpc) is 3.14. The van der Waals surface area contributed by atoms with E-state index < -0.39 is 0 Å². The highest BCUT2D eigenvalue weighted by molar-refractivity contribution is 7.15. The van der Waals surface area contributed by atoms with Crippen LogP contribution in [0, 0.1) is 0 Å². The number of hydrogen-bond donors (Lipinski definition) is 0. The van der Waals surface area contributed by atoms with Crippen LogP contribution in [0.2, 0.25) is 0 Å². The summed E-state index contributed by atoms with van der Waals surface area (Å²) in [5.41, 5.74) is 2.09. The predicted octanol–water partition coefficient (Wildman–Crippen LogP) is 2.56. The van der Waals surface area contributed by atoms with E-state index in [-0.39, 0.29) is 11.0 Å². The molecule has 0 spiro atoms. The van der Waals surface area contributed by atoms with E-state index >= 15 is 0 Å². The van der Waals surface area contributed by atoms with Gasteiger partial charge in [-0.3, -0.25) is 9.59 Å². The summed E-state index contributed by atoms with van der Waals surface area (Å²) in [6, 6.07) is 14.5. The lowest BCUT2D eigenvalue weighted by Crippen LogP contribution is -2.23. The number of aromatic nitrogens is 2. The van der Waals surface area contributed by atoms with E-state index in [9.17, 15) is 9.59 Å². The van der Waals surface area contributed by atoms with E-state index in [0.29, 0.717) is 26.0 Å². The van der Waals surface area contributed by atoms with Crippen LogP contribution < -0.4 is 15.5 Å². The Hall–Kier alpha value is -3.25. The van der Waals surface area contributed by atoms with Gasteiger partial charge in [0, 0.05) is 0 Å². The zero-order valence-electron chi connectivity index (χ0n) is 12.8. The standard InChI is InChI=1S/C19H10N2O3S/c22-17-11(10-24-15-8-4-1-5-12(15)17)9-16-18(23)21-14-7-3-2-6-13(14)20-19(21)25-16/h1-10H/b16-9+. The maximum atomic E-state index is 12.8. The molecule has 0 bridgehead atoms. The van der Waals surface area contributed by atoms with Crippen molar-refractivity contribution in [2.24, 2.45) is 0 Å². The molecule has 0 radical (unpaired) electrons. The summed E-state index contributed by atoms with van der Waals surface area (Å²) in [6.45, 7) is 0. The van der Waals surface area contributed by atoms with Gasteiger partial charge in [0.1, 0.15) is 11.8 Å². The summed E-state index contributed by atoms with van der Waals surface area (Å²) in [5.74, 6) is 0. The number of hydrogen-bond acceptors (Lipinski definition) is 5.